The third kappa shape index (κ3) is 8.00. The number of esters is 1. The maximum atomic E-state index is 14.3. The average molecular weight is 780 g/mol. The molecule has 1 radical (unpaired) electrons. The van der Waals surface area contributed by atoms with Crippen molar-refractivity contribution in [2.75, 3.05) is 5.75 Å². The summed E-state index contributed by atoms with van der Waals surface area (Å²) >= 11 is 4.47. The van der Waals surface area contributed by atoms with Crippen molar-refractivity contribution in [3.63, 3.8) is 0 Å². The van der Waals surface area contributed by atoms with Crippen LogP contribution in [0, 0.1) is 5.92 Å². The van der Waals surface area contributed by atoms with Crippen molar-refractivity contribution in [3.8, 4) is 11.3 Å². The molecule has 49 heavy (non-hydrogen) atoms. The third-order valence-corrected chi connectivity index (χ3v) is 11.9. The van der Waals surface area contributed by atoms with Gasteiger partial charge in [-0.05, 0) is 16.7 Å². The van der Waals surface area contributed by atoms with Crippen molar-refractivity contribution >= 4 is 52.5 Å². The summed E-state index contributed by atoms with van der Waals surface area (Å²) < 4.78 is 9.05. The number of carbonyl (C=O) groups is 3. The molecule has 1 saturated heterocycles. The normalized spacial score (nSPS) is 16.9. The monoisotopic (exact) mass is 779 g/mol. The number of ketones is 1. The molecule has 0 unspecified atom stereocenters. The first kappa shape index (κ1) is 35.4. The minimum atomic E-state index is -0.669. The molecule has 7 rings (SSSR count). The van der Waals surface area contributed by atoms with Crippen LogP contribution in [0.3, 0.4) is 0 Å². The number of aromatic nitrogens is 2. The number of rotatable bonds is 11. The fourth-order valence-corrected chi connectivity index (χ4v) is 9.42. The van der Waals surface area contributed by atoms with Crippen LogP contribution in [0.25, 0.3) is 11.3 Å². The SMILES string of the molecule is C[n+]1ccc(-c2csc(SC3=C(C(=O)OC(c4ccccc4)c4ccccc4)N4C(=O)[C@@H](CC(=O)Cc5ccccc5)[C@H]4SC3)n2)cc1.[Y]. The van der Waals surface area contributed by atoms with Gasteiger partial charge in [0.25, 0.3) is 0 Å². The van der Waals surface area contributed by atoms with Gasteiger partial charge in [-0.1, -0.05) is 103 Å². The predicted octanol–water partition coefficient (Wildman–Crippen LogP) is 7.00. The van der Waals surface area contributed by atoms with E-state index in [1.807, 2.05) is 133 Å². The Morgan fingerprint density at radius 3 is 2.18 bits per heavy atom. The number of Topliss-reactive ketones (excluding diaryl/α,β-unsaturated/α-hetero) is 1. The van der Waals surface area contributed by atoms with Crippen molar-refractivity contribution in [2.45, 2.75) is 28.7 Å². The molecule has 0 aliphatic carbocycles. The maximum absolute atomic E-state index is 14.3. The van der Waals surface area contributed by atoms with Crippen LogP contribution in [0.15, 0.2) is 136 Å². The van der Waals surface area contributed by atoms with Gasteiger partial charge in [-0.15, -0.1) is 23.1 Å². The number of amides is 1. The van der Waals surface area contributed by atoms with Gasteiger partial charge in [0.15, 0.2) is 22.8 Å². The molecule has 2 aliphatic rings. The van der Waals surface area contributed by atoms with Crippen LogP contribution in [-0.2, 0) is 65.3 Å². The number of benzene rings is 3. The number of aryl methyl sites for hydroxylation is 1. The fourth-order valence-electron chi connectivity index (χ4n) is 5.90. The van der Waals surface area contributed by atoms with E-state index < -0.39 is 18.0 Å². The van der Waals surface area contributed by atoms with Gasteiger partial charge in [-0.25, -0.2) is 14.3 Å². The number of thiazole rings is 1. The van der Waals surface area contributed by atoms with Gasteiger partial charge in [0.05, 0.1) is 17.0 Å². The first-order valence-corrected chi connectivity index (χ1v) is 18.3. The van der Waals surface area contributed by atoms with Gasteiger partial charge in [0.1, 0.15) is 18.5 Å². The second-order valence-corrected chi connectivity index (χ2v) is 15.0. The first-order chi connectivity index (χ1) is 23.4. The Morgan fingerprint density at radius 1 is 0.939 bits per heavy atom. The summed E-state index contributed by atoms with van der Waals surface area (Å²) in [5.74, 6) is -0.803. The molecule has 5 aromatic rings. The summed E-state index contributed by atoms with van der Waals surface area (Å²) in [5, 5.41) is 1.67. The number of hydrogen-bond donors (Lipinski definition) is 0. The molecule has 1 amide bonds. The molecular weight excluding hydrogens is 748 g/mol. The van der Waals surface area contributed by atoms with E-state index in [1.165, 1.54) is 23.1 Å². The second kappa shape index (κ2) is 16.1. The number of ether oxygens (including phenoxy) is 1. The van der Waals surface area contributed by atoms with Gasteiger partial charge in [0, 0.05) is 79.3 Å². The Morgan fingerprint density at radius 2 is 1.55 bits per heavy atom. The number of carbonyl (C=O) groups excluding carboxylic acids is 3. The Balaban J connectivity index is 0.00000417. The minimum Gasteiger partial charge on any atom is -0.448 e. The summed E-state index contributed by atoms with van der Waals surface area (Å²) in [5.41, 5.74) is 4.66. The van der Waals surface area contributed by atoms with E-state index >= 15 is 0 Å². The third-order valence-electron chi connectivity index (χ3n) is 8.33. The molecular formula is C38H32N3O4S3Y+. The zero-order valence-corrected chi connectivity index (χ0v) is 32.0. The van der Waals surface area contributed by atoms with E-state index in [9.17, 15) is 14.4 Å². The summed E-state index contributed by atoms with van der Waals surface area (Å²) in [6, 6.07) is 32.8. The summed E-state index contributed by atoms with van der Waals surface area (Å²) in [6.45, 7) is 0. The van der Waals surface area contributed by atoms with Crippen LogP contribution >= 0.6 is 34.9 Å². The smallest absolute Gasteiger partial charge is 0.356 e. The van der Waals surface area contributed by atoms with Gasteiger partial charge in [-0.3, -0.25) is 14.5 Å². The molecule has 0 N–H and O–H groups in total. The van der Waals surface area contributed by atoms with Crippen LogP contribution < -0.4 is 4.57 Å². The van der Waals surface area contributed by atoms with Gasteiger partial charge >= 0.3 is 5.97 Å². The van der Waals surface area contributed by atoms with Crippen molar-refractivity contribution in [3.05, 3.63) is 148 Å². The van der Waals surface area contributed by atoms with Crippen LogP contribution in [0.1, 0.15) is 29.2 Å². The first-order valence-electron chi connectivity index (χ1n) is 15.6. The molecule has 0 bridgehead atoms. The number of hydrogen-bond acceptors (Lipinski definition) is 8. The standard InChI is InChI=1S/C38H32N3O4S3.Y/c1-40-19-17-26(18-20-40)31-23-47-38(39-31)48-32-24-46-36-30(22-29(42)21-25-11-5-2-6-12-25)35(43)41(36)33(32)37(44)45-34(27-13-7-3-8-14-27)28-15-9-4-10-16-28;/h2-20,23,30,34,36H,21-22,24H2,1H3;/q+1;/t30-,36-;/m1./s1. The molecule has 3 aromatic carbocycles. The van der Waals surface area contributed by atoms with Crippen molar-refractivity contribution < 1.29 is 56.4 Å². The van der Waals surface area contributed by atoms with Gasteiger partial charge < -0.3 is 4.74 Å². The van der Waals surface area contributed by atoms with Crippen LogP contribution in [0.4, 0.5) is 0 Å². The molecule has 243 valence electrons. The number of nitrogens with zero attached hydrogens (tertiary/aromatic N) is 3. The van der Waals surface area contributed by atoms with E-state index in [2.05, 4.69) is 0 Å². The van der Waals surface area contributed by atoms with Crippen LogP contribution in [0.2, 0.25) is 0 Å². The van der Waals surface area contributed by atoms with E-state index in [0.717, 1.165) is 32.3 Å². The van der Waals surface area contributed by atoms with Crippen molar-refractivity contribution in [1.29, 1.82) is 0 Å². The number of β-lactam (4-membered cyclic amide) rings is 1. The zero-order valence-electron chi connectivity index (χ0n) is 26.7. The Bertz CT molecular complexity index is 1930. The van der Waals surface area contributed by atoms with E-state index in [-0.39, 0.29) is 68.3 Å². The van der Waals surface area contributed by atoms with E-state index in [0.29, 0.717) is 10.7 Å². The number of fused-ring (bicyclic) bond motifs is 1. The Labute approximate surface area is 323 Å². The Kier molecular flexibility index (Phi) is 11.6. The maximum Gasteiger partial charge on any atom is 0.356 e. The molecule has 2 atom stereocenters. The molecule has 0 saturated carbocycles. The zero-order chi connectivity index (χ0) is 33.0. The molecule has 4 heterocycles. The quantitative estimate of drug-likeness (QED) is 0.0812. The summed E-state index contributed by atoms with van der Waals surface area (Å²) in [6.07, 6.45) is 3.69. The molecule has 1 fully saturated rings. The largest absolute Gasteiger partial charge is 0.448 e. The fraction of sp³-hybridized carbons (Fsp3) is 0.184. The van der Waals surface area contributed by atoms with Crippen molar-refractivity contribution in [1.82, 2.24) is 9.88 Å². The van der Waals surface area contributed by atoms with Crippen LogP contribution in [-0.4, -0.2) is 38.7 Å². The number of thioether (sulfide) groups is 2. The predicted molar refractivity (Wildman–Crippen MR) is 189 cm³/mol. The van der Waals surface area contributed by atoms with E-state index in [1.54, 1.807) is 16.7 Å². The van der Waals surface area contributed by atoms with Crippen molar-refractivity contribution in [2.24, 2.45) is 13.0 Å². The summed E-state index contributed by atoms with van der Waals surface area (Å²) in [4.78, 5) is 48.4. The second-order valence-electron chi connectivity index (χ2n) is 11.7. The number of pyridine rings is 1. The van der Waals surface area contributed by atoms with Gasteiger partial charge in [0.2, 0.25) is 5.91 Å². The van der Waals surface area contributed by atoms with Gasteiger partial charge in [-0.2, -0.15) is 0 Å². The molecule has 2 aromatic heterocycles. The molecule has 0 spiro atoms. The topological polar surface area (TPSA) is 80.5 Å². The Hall–Kier alpha value is -3.41. The molecule has 2 aliphatic heterocycles. The summed E-state index contributed by atoms with van der Waals surface area (Å²) in [7, 11) is 1.97. The molecule has 11 heteroatoms. The van der Waals surface area contributed by atoms with E-state index in [4.69, 9.17) is 9.72 Å². The minimum absolute atomic E-state index is 0. The van der Waals surface area contributed by atoms with Crippen LogP contribution in [0.5, 0.6) is 0 Å². The molecule has 7 nitrogen and oxygen atoms in total. The average Bonchev–Trinajstić information content (AvgIpc) is 3.59.